The van der Waals surface area contributed by atoms with Gasteiger partial charge >= 0.3 is 12.0 Å². The molecule has 20 heavy (non-hydrogen) atoms. The third-order valence-electron chi connectivity index (χ3n) is 3.14. The van der Waals surface area contributed by atoms with Crippen LogP contribution < -0.4 is 0 Å². The molecule has 1 saturated heterocycles. The minimum Gasteiger partial charge on any atom is -0.480 e. The smallest absolute Gasteiger partial charge is 0.323 e. The van der Waals surface area contributed by atoms with Crippen LogP contribution >= 0.6 is 0 Å². The zero-order valence-electron chi connectivity index (χ0n) is 13.3. The van der Waals surface area contributed by atoms with E-state index < -0.39 is 17.2 Å². The molecule has 0 radical (unpaired) electrons. The number of carbonyl (C=O) groups is 2. The van der Waals surface area contributed by atoms with E-state index in [9.17, 15) is 9.59 Å². The molecule has 0 aromatic carbocycles. The van der Waals surface area contributed by atoms with Crippen LogP contribution in [0.15, 0.2) is 0 Å². The van der Waals surface area contributed by atoms with Crippen LogP contribution in [0, 0.1) is 0 Å². The van der Waals surface area contributed by atoms with Gasteiger partial charge in [0.25, 0.3) is 0 Å². The lowest BCUT2D eigenvalue weighted by Crippen LogP contribution is -2.61. The van der Waals surface area contributed by atoms with Crippen LogP contribution in [-0.4, -0.2) is 63.8 Å². The van der Waals surface area contributed by atoms with Crippen LogP contribution in [0.25, 0.3) is 0 Å². The van der Waals surface area contributed by atoms with Crippen molar-refractivity contribution in [1.29, 1.82) is 0 Å². The Bertz CT molecular complexity index is 375. The normalized spacial score (nSPS) is 20.9. The number of carbonyl (C=O) groups excluding carboxylic acids is 1. The largest absolute Gasteiger partial charge is 0.480 e. The number of rotatable bonds is 3. The van der Waals surface area contributed by atoms with Crippen LogP contribution in [-0.2, 0) is 9.53 Å². The van der Waals surface area contributed by atoms with Gasteiger partial charge in [0.2, 0.25) is 0 Å². The summed E-state index contributed by atoms with van der Waals surface area (Å²) in [4.78, 5) is 26.6. The van der Waals surface area contributed by atoms with E-state index in [1.165, 1.54) is 4.90 Å². The zero-order valence-corrected chi connectivity index (χ0v) is 13.3. The second-order valence-corrected chi connectivity index (χ2v) is 6.88. The number of hydrogen-bond donors (Lipinski definition) is 1. The Morgan fingerprint density at radius 2 is 1.65 bits per heavy atom. The van der Waals surface area contributed by atoms with E-state index in [-0.39, 0.29) is 18.6 Å². The second kappa shape index (κ2) is 5.60. The molecule has 6 heteroatoms. The number of amides is 2. The number of hydrogen-bond acceptors (Lipinski definition) is 3. The van der Waals surface area contributed by atoms with E-state index in [0.29, 0.717) is 13.1 Å². The first-order valence-electron chi connectivity index (χ1n) is 6.91. The van der Waals surface area contributed by atoms with Crippen molar-refractivity contribution in [1.82, 2.24) is 9.80 Å². The quantitative estimate of drug-likeness (QED) is 0.858. The molecule has 1 heterocycles. The Kier molecular flexibility index (Phi) is 4.69. The summed E-state index contributed by atoms with van der Waals surface area (Å²) in [7, 11) is 0. The van der Waals surface area contributed by atoms with E-state index in [1.54, 1.807) is 4.90 Å². The Balaban J connectivity index is 2.91. The fourth-order valence-electron chi connectivity index (χ4n) is 2.72. The van der Waals surface area contributed by atoms with Crippen molar-refractivity contribution in [3.05, 3.63) is 0 Å². The molecule has 2 amide bonds. The maximum absolute atomic E-state index is 12.6. The zero-order chi connectivity index (χ0) is 15.7. The molecule has 1 N–H and O–H groups in total. The molecule has 0 aromatic heterocycles. The maximum Gasteiger partial charge on any atom is 0.323 e. The van der Waals surface area contributed by atoms with Gasteiger partial charge in [0, 0.05) is 6.04 Å². The van der Waals surface area contributed by atoms with Gasteiger partial charge in [-0.15, -0.1) is 0 Å². The highest BCUT2D eigenvalue weighted by molar-refractivity contribution is 5.80. The monoisotopic (exact) mass is 286 g/mol. The van der Waals surface area contributed by atoms with Crippen molar-refractivity contribution in [2.45, 2.75) is 58.8 Å². The number of aliphatic carboxylic acids is 1. The molecule has 1 rings (SSSR count). The van der Waals surface area contributed by atoms with Crippen LogP contribution in [0.5, 0.6) is 0 Å². The van der Waals surface area contributed by atoms with Gasteiger partial charge in [-0.1, -0.05) is 0 Å². The maximum atomic E-state index is 12.6. The summed E-state index contributed by atoms with van der Waals surface area (Å²) in [5, 5.41) is 8.95. The lowest BCUT2D eigenvalue weighted by molar-refractivity contribution is -0.172. The van der Waals surface area contributed by atoms with Gasteiger partial charge in [0.05, 0.1) is 24.3 Å². The molecule has 1 fully saturated rings. The van der Waals surface area contributed by atoms with Crippen molar-refractivity contribution in [2.75, 3.05) is 19.6 Å². The van der Waals surface area contributed by atoms with E-state index in [1.807, 2.05) is 41.5 Å². The highest BCUT2D eigenvalue weighted by Gasteiger charge is 2.41. The fourth-order valence-corrected chi connectivity index (χ4v) is 2.72. The number of morpholine rings is 1. The number of nitrogens with zero attached hydrogens (tertiary/aromatic N) is 2. The van der Waals surface area contributed by atoms with Crippen LogP contribution in [0.3, 0.4) is 0 Å². The van der Waals surface area contributed by atoms with Crippen molar-refractivity contribution < 1.29 is 19.4 Å². The SMILES string of the molecule is CC(C)N(CC(=O)O)C(=O)N1CC(C)(C)OC(C)(C)C1. The molecular formula is C14H26N2O4. The number of ether oxygens (including phenoxy) is 1. The Labute approximate surface area is 120 Å². The molecule has 116 valence electrons. The summed E-state index contributed by atoms with van der Waals surface area (Å²) in [6.07, 6.45) is 0. The molecule has 1 aliphatic rings. The van der Waals surface area contributed by atoms with E-state index in [4.69, 9.17) is 9.84 Å². The molecule has 1 aliphatic heterocycles. The van der Waals surface area contributed by atoms with E-state index in [2.05, 4.69) is 0 Å². The molecular weight excluding hydrogens is 260 g/mol. The third kappa shape index (κ3) is 4.37. The van der Waals surface area contributed by atoms with Gasteiger partial charge in [-0.25, -0.2) is 4.79 Å². The van der Waals surface area contributed by atoms with E-state index in [0.717, 1.165) is 0 Å². The predicted octanol–water partition coefficient (Wildman–Crippen LogP) is 1.79. The van der Waals surface area contributed by atoms with Gasteiger partial charge in [-0.2, -0.15) is 0 Å². The van der Waals surface area contributed by atoms with Gasteiger partial charge in [0.1, 0.15) is 6.54 Å². The highest BCUT2D eigenvalue weighted by atomic mass is 16.5. The Morgan fingerprint density at radius 1 is 1.20 bits per heavy atom. The van der Waals surface area contributed by atoms with Crippen molar-refractivity contribution in [2.24, 2.45) is 0 Å². The Hall–Kier alpha value is -1.30. The molecule has 6 nitrogen and oxygen atoms in total. The van der Waals surface area contributed by atoms with Gasteiger partial charge < -0.3 is 19.6 Å². The summed E-state index contributed by atoms with van der Waals surface area (Å²) in [6.45, 7) is 12.0. The Morgan fingerprint density at radius 3 is 2.00 bits per heavy atom. The topological polar surface area (TPSA) is 70.1 Å². The highest BCUT2D eigenvalue weighted by Crippen LogP contribution is 2.28. The lowest BCUT2D eigenvalue weighted by Gasteiger charge is -2.48. The minimum atomic E-state index is -1.00. The lowest BCUT2D eigenvalue weighted by atomic mass is 9.99. The van der Waals surface area contributed by atoms with Crippen molar-refractivity contribution in [3.63, 3.8) is 0 Å². The van der Waals surface area contributed by atoms with Crippen LogP contribution in [0.2, 0.25) is 0 Å². The number of carboxylic acid groups (broad SMARTS) is 1. The number of urea groups is 1. The third-order valence-corrected chi connectivity index (χ3v) is 3.14. The molecule has 0 bridgehead atoms. The first-order valence-corrected chi connectivity index (χ1v) is 6.91. The average Bonchev–Trinajstić information content (AvgIpc) is 2.19. The van der Waals surface area contributed by atoms with Crippen molar-refractivity contribution in [3.8, 4) is 0 Å². The first kappa shape index (κ1) is 16.8. The van der Waals surface area contributed by atoms with Gasteiger partial charge in [0.15, 0.2) is 0 Å². The summed E-state index contributed by atoms with van der Waals surface area (Å²) >= 11 is 0. The van der Waals surface area contributed by atoms with Gasteiger partial charge in [-0.05, 0) is 41.5 Å². The summed E-state index contributed by atoms with van der Waals surface area (Å²) < 4.78 is 5.93. The average molecular weight is 286 g/mol. The van der Waals surface area contributed by atoms with Crippen molar-refractivity contribution >= 4 is 12.0 Å². The summed E-state index contributed by atoms with van der Waals surface area (Å²) in [5.41, 5.74) is -0.882. The molecule has 0 aliphatic carbocycles. The molecule has 0 spiro atoms. The van der Waals surface area contributed by atoms with Crippen LogP contribution in [0.4, 0.5) is 4.79 Å². The molecule has 0 aromatic rings. The summed E-state index contributed by atoms with van der Waals surface area (Å²) in [5.74, 6) is -1.00. The predicted molar refractivity (Wildman–Crippen MR) is 75.7 cm³/mol. The van der Waals surface area contributed by atoms with E-state index >= 15 is 0 Å². The molecule has 0 unspecified atom stereocenters. The second-order valence-electron chi connectivity index (χ2n) is 6.88. The summed E-state index contributed by atoms with van der Waals surface area (Å²) in [6, 6.07) is -0.403. The van der Waals surface area contributed by atoms with Gasteiger partial charge in [-0.3, -0.25) is 4.79 Å². The first-order chi connectivity index (χ1) is 8.93. The number of carboxylic acids is 1. The fraction of sp³-hybridized carbons (Fsp3) is 0.857. The van der Waals surface area contributed by atoms with Crippen LogP contribution in [0.1, 0.15) is 41.5 Å². The molecule has 0 saturated carbocycles. The standard InChI is InChI=1S/C14H26N2O4/c1-10(2)16(7-11(17)18)12(19)15-8-13(3,4)20-14(5,6)9-15/h10H,7-9H2,1-6H3,(H,17,18). The minimum absolute atomic E-state index is 0.160. The molecule has 0 atom stereocenters.